The van der Waals surface area contributed by atoms with Gasteiger partial charge in [-0.05, 0) is 89.9 Å². The van der Waals surface area contributed by atoms with Crippen LogP contribution in [0.5, 0.6) is 0 Å². The van der Waals surface area contributed by atoms with E-state index in [2.05, 4.69) is 111 Å². The molecule has 1 aliphatic carbocycles. The van der Waals surface area contributed by atoms with Gasteiger partial charge in [0, 0.05) is 13.0 Å². The van der Waals surface area contributed by atoms with Gasteiger partial charge in [0.15, 0.2) is 0 Å². The van der Waals surface area contributed by atoms with Crippen molar-refractivity contribution < 1.29 is 58.3 Å². The Balaban J connectivity index is 2.40. The minimum atomic E-state index is -5.04. The van der Waals surface area contributed by atoms with Gasteiger partial charge in [-0.25, -0.2) is 4.57 Å². The van der Waals surface area contributed by atoms with Crippen molar-refractivity contribution in [1.29, 1.82) is 0 Å². The van der Waals surface area contributed by atoms with Crippen LogP contribution in [-0.2, 0) is 27.9 Å². The van der Waals surface area contributed by atoms with Crippen LogP contribution in [0.3, 0.4) is 0 Å². The molecule has 0 bridgehead atoms. The van der Waals surface area contributed by atoms with Crippen LogP contribution in [0, 0.1) is 0 Å². The summed E-state index contributed by atoms with van der Waals surface area (Å²) in [5.41, 5.74) is 0. The molecule has 0 aromatic rings. The number of allylic oxidation sites excluding steroid dienone is 16. The van der Waals surface area contributed by atoms with Crippen molar-refractivity contribution in [1.82, 2.24) is 0 Å². The molecule has 1 saturated carbocycles. The molecule has 0 radical (unpaired) electrons. The fourth-order valence-electron chi connectivity index (χ4n) is 6.79. The third-order valence-corrected chi connectivity index (χ3v) is 11.7. The van der Waals surface area contributed by atoms with E-state index >= 15 is 0 Å². The predicted molar refractivity (Wildman–Crippen MR) is 262 cm³/mol. The van der Waals surface area contributed by atoms with Crippen molar-refractivity contribution in [2.24, 2.45) is 0 Å². The minimum Gasteiger partial charge on any atom is -0.457 e. The van der Waals surface area contributed by atoms with Gasteiger partial charge < -0.3 is 39.9 Å². The Bertz CT molecular complexity index is 1440. The Labute approximate surface area is 392 Å². The Morgan fingerprint density at radius 3 is 1.38 bits per heavy atom. The molecular formula is C52H87O12P. The zero-order chi connectivity index (χ0) is 47.6. The maximum absolute atomic E-state index is 12.8. The fraction of sp³-hybridized carbons (Fsp3) is 0.673. The highest BCUT2D eigenvalue weighted by Crippen LogP contribution is 2.47. The van der Waals surface area contributed by atoms with E-state index in [4.69, 9.17) is 18.5 Å². The number of carbonyl (C=O) groups excluding carboxylic acids is 1. The van der Waals surface area contributed by atoms with Crippen LogP contribution in [0.4, 0.5) is 0 Å². The summed E-state index contributed by atoms with van der Waals surface area (Å²) in [6.45, 7) is 4.04. The monoisotopic (exact) mass is 935 g/mol. The molecule has 0 spiro atoms. The lowest BCUT2D eigenvalue weighted by Gasteiger charge is -2.41. The van der Waals surface area contributed by atoms with Crippen LogP contribution < -0.4 is 0 Å². The standard InChI is InChI=1S/C52H87O12P/c1-3-5-7-9-11-13-15-17-19-20-21-22-23-24-25-26-27-29-31-33-35-37-39-41-46(53)63-45(44-62-65(59,60)64-52-50(57)48(55)47(54)49(56)51(52)58)43-61-42-40-38-36-34-32-30-28-18-16-14-12-10-8-6-4-2/h5,7,10-13,16-19,21-22,24-25,27,29,45,47-52,54-58H,3-4,6,8-9,14-15,20,23,26,28,30-44H2,1-2H3,(H,59,60)/b7-5-,12-10-,13-11-,18-16-,19-17-,22-21-,25-24-,29-27-. The number of carbonyl (C=O) groups is 1. The fourth-order valence-corrected chi connectivity index (χ4v) is 7.76. The molecule has 0 heterocycles. The summed E-state index contributed by atoms with van der Waals surface area (Å²) in [5.74, 6) is -0.510. The first-order valence-corrected chi connectivity index (χ1v) is 26.1. The summed E-state index contributed by atoms with van der Waals surface area (Å²) in [4.78, 5) is 23.2. The Hall–Kier alpha value is -2.74. The minimum absolute atomic E-state index is 0.101. The van der Waals surface area contributed by atoms with Crippen molar-refractivity contribution in [3.8, 4) is 0 Å². The number of hydrogen-bond donors (Lipinski definition) is 6. The smallest absolute Gasteiger partial charge is 0.457 e. The first-order chi connectivity index (χ1) is 31.5. The topological polar surface area (TPSA) is 192 Å². The number of rotatable bonds is 40. The average Bonchev–Trinajstić information content (AvgIpc) is 3.29. The van der Waals surface area contributed by atoms with Crippen molar-refractivity contribution in [2.75, 3.05) is 19.8 Å². The van der Waals surface area contributed by atoms with Crippen LogP contribution in [0.2, 0.25) is 0 Å². The molecule has 1 fully saturated rings. The molecule has 0 saturated heterocycles. The molecule has 1 rings (SSSR count). The molecule has 0 amide bonds. The lowest BCUT2D eigenvalue weighted by molar-refractivity contribution is -0.220. The van der Waals surface area contributed by atoms with E-state index in [-0.39, 0.29) is 13.0 Å². The van der Waals surface area contributed by atoms with Crippen LogP contribution in [-0.4, -0.2) is 98.9 Å². The summed E-state index contributed by atoms with van der Waals surface area (Å²) >= 11 is 0. The second-order valence-electron chi connectivity index (χ2n) is 16.6. The number of aliphatic hydroxyl groups excluding tert-OH is 5. The van der Waals surface area contributed by atoms with Gasteiger partial charge in [0.25, 0.3) is 0 Å². The van der Waals surface area contributed by atoms with E-state index in [1.54, 1.807) is 0 Å². The number of esters is 1. The summed E-state index contributed by atoms with van der Waals surface area (Å²) in [5, 5.41) is 50.3. The number of unbranched alkanes of at least 4 members (excludes halogenated alkanes) is 12. The summed E-state index contributed by atoms with van der Waals surface area (Å²) in [7, 11) is -5.04. The third kappa shape index (κ3) is 33.4. The van der Waals surface area contributed by atoms with Crippen molar-refractivity contribution in [3.63, 3.8) is 0 Å². The SMILES string of the molecule is CC/C=C\C/C=C\C/C=C\C/C=C\C/C=C\C/C=C\CCCCCCC(=O)OC(COCCCCCCCC/C=C\C/C=C\CCCC)COP(=O)(O)OC1C(O)C(O)C(O)C(O)C1O. The largest absolute Gasteiger partial charge is 0.472 e. The van der Waals surface area contributed by atoms with Crippen molar-refractivity contribution >= 4 is 13.8 Å². The van der Waals surface area contributed by atoms with Crippen LogP contribution in [0.15, 0.2) is 97.2 Å². The van der Waals surface area contributed by atoms with Crippen LogP contribution in [0.1, 0.15) is 162 Å². The van der Waals surface area contributed by atoms with E-state index in [0.29, 0.717) is 13.0 Å². The van der Waals surface area contributed by atoms with E-state index in [0.717, 1.165) is 122 Å². The molecule has 65 heavy (non-hydrogen) atoms. The lowest BCUT2D eigenvalue weighted by Crippen LogP contribution is -2.64. The lowest BCUT2D eigenvalue weighted by atomic mass is 9.85. The number of phosphoric ester groups is 1. The Morgan fingerprint density at radius 1 is 0.508 bits per heavy atom. The van der Waals surface area contributed by atoms with Crippen LogP contribution >= 0.6 is 7.82 Å². The second kappa shape index (κ2) is 41.4. The molecule has 0 aliphatic heterocycles. The number of phosphoric acid groups is 1. The first kappa shape index (κ1) is 60.3. The normalized spacial score (nSPS) is 22.4. The molecule has 6 N–H and O–H groups in total. The number of aliphatic hydroxyl groups is 5. The van der Waals surface area contributed by atoms with E-state index in [9.17, 15) is 39.8 Å². The highest BCUT2D eigenvalue weighted by Gasteiger charge is 2.51. The second-order valence-corrected chi connectivity index (χ2v) is 18.0. The molecule has 1 aliphatic rings. The quantitative estimate of drug-likeness (QED) is 0.0148. The molecule has 0 aromatic heterocycles. The Morgan fingerprint density at radius 2 is 0.908 bits per heavy atom. The molecule has 0 aromatic carbocycles. The number of hydrogen-bond acceptors (Lipinski definition) is 11. The predicted octanol–water partition coefficient (Wildman–Crippen LogP) is 10.7. The van der Waals surface area contributed by atoms with Gasteiger partial charge in [-0.3, -0.25) is 13.8 Å². The molecule has 372 valence electrons. The van der Waals surface area contributed by atoms with E-state index in [1.165, 1.54) is 12.8 Å². The summed E-state index contributed by atoms with van der Waals surface area (Å²) < 4.78 is 34.2. The maximum Gasteiger partial charge on any atom is 0.472 e. The van der Waals surface area contributed by atoms with Gasteiger partial charge in [0.2, 0.25) is 0 Å². The molecular weight excluding hydrogens is 848 g/mol. The van der Waals surface area contributed by atoms with Gasteiger partial charge in [0.1, 0.15) is 42.7 Å². The van der Waals surface area contributed by atoms with Crippen LogP contribution in [0.25, 0.3) is 0 Å². The zero-order valence-electron chi connectivity index (χ0n) is 39.7. The van der Waals surface area contributed by atoms with Gasteiger partial charge in [-0.1, -0.05) is 162 Å². The highest BCUT2D eigenvalue weighted by molar-refractivity contribution is 7.47. The first-order valence-electron chi connectivity index (χ1n) is 24.6. The van der Waals surface area contributed by atoms with Crippen molar-refractivity contribution in [2.45, 2.75) is 204 Å². The van der Waals surface area contributed by atoms with Gasteiger partial charge in [0.05, 0.1) is 13.2 Å². The van der Waals surface area contributed by atoms with E-state index in [1.807, 2.05) is 0 Å². The van der Waals surface area contributed by atoms with Crippen molar-refractivity contribution in [3.05, 3.63) is 97.2 Å². The molecule has 13 heteroatoms. The average molecular weight is 935 g/mol. The molecule has 6 atom stereocenters. The molecule has 6 unspecified atom stereocenters. The van der Waals surface area contributed by atoms with Gasteiger partial charge in [-0.2, -0.15) is 0 Å². The zero-order valence-corrected chi connectivity index (χ0v) is 40.6. The van der Waals surface area contributed by atoms with Gasteiger partial charge >= 0.3 is 13.8 Å². The third-order valence-electron chi connectivity index (χ3n) is 10.7. The summed E-state index contributed by atoms with van der Waals surface area (Å²) in [6, 6.07) is 0. The molecule has 12 nitrogen and oxygen atoms in total. The number of ether oxygens (including phenoxy) is 2. The highest BCUT2D eigenvalue weighted by atomic mass is 31.2. The Kier molecular flexibility index (Phi) is 38.4. The van der Waals surface area contributed by atoms with E-state index < -0.39 is 63.1 Å². The van der Waals surface area contributed by atoms with Gasteiger partial charge in [-0.15, -0.1) is 0 Å². The summed E-state index contributed by atoms with van der Waals surface area (Å²) in [6.07, 6.45) is 44.7. The maximum atomic E-state index is 12.8.